The molecular weight excluding hydrogens is 921 g/mol. The van der Waals surface area contributed by atoms with Gasteiger partial charge in [0.2, 0.25) is 0 Å². The van der Waals surface area contributed by atoms with Crippen molar-refractivity contribution in [2.75, 3.05) is 52.9 Å². The van der Waals surface area contributed by atoms with Crippen LogP contribution in [0.1, 0.15) is 153 Å². The van der Waals surface area contributed by atoms with Crippen molar-refractivity contribution >= 4 is 6.29 Å². The van der Waals surface area contributed by atoms with Crippen LogP contribution >= 0.6 is 0 Å². The van der Waals surface area contributed by atoms with E-state index in [1.165, 1.54) is 29.5 Å². The van der Waals surface area contributed by atoms with Crippen LogP contribution in [0, 0.1) is 92.7 Å². The van der Waals surface area contributed by atoms with Gasteiger partial charge in [0.1, 0.15) is 6.29 Å². The fraction of sp³-hybridized carbons (Fsp3) is 0.855. The van der Waals surface area contributed by atoms with Gasteiger partial charge in [-0.3, -0.25) is 4.79 Å². The van der Waals surface area contributed by atoms with Gasteiger partial charge in [0.25, 0.3) is 0 Å². The lowest BCUT2D eigenvalue weighted by molar-refractivity contribution is -0.346. The largest absolute Gasteiger partial charge is 0.349 e. The van der Waals surface area contributed by atoms with Crippen LogP contribution in [0.15, 0.2) is 23.8 Å². The predicted molar refractivity (Wildman–Crippen MR) is 270 cm³/mol. The maximum atomic E-state index is 13.7. The van der Waals surface area contributed by atoms with E-state index in [1.807, 2.05) is 0 Å². The molecule has 1 aromatic carbocycles. The quantitative estimate of drug-likeness (QED) is 0.213. The Bertz CT molecular complexity index is 2430. The fourth-order valence-electron chi connectivity index (χ4n) is 22.1. The van der Waals surface area contributed by atoms with Crippen LogP contribution in [0.25, 0.3) is 0 Å². The molecule has 0 radical (unpaired) electrons. The molecule has 15 rings (SSSR count). The molecule has 73 heavy (non-hydrogen) atoms. The predicted octanol–water partition coefficient (Wildman–Crippen LogP) is 10.4. The smallest absolute Gasteiger partial charge is 0.178 e. The van der Waals surface area contributed by atoms with Crippen molar-refractivity contribution < 1.29 is 52.2 Å². The molecule has 11 nitrogen and oxygen atoms in total. The lowest BCUT2D eigenvalue weighted by Gasteiger charge is -2.65. The van der Waals surface area contributed by atoms with Gasteiger partial charge in [-0.15, -0.1) is 0 Å². The Morgan fingerprint density at radius 2 is 1.26 bits per heavy atom. The normalized spacial score (nSPS) is 53.2. The number of ether oxygens (including phenoxy) is 10. The Hall–Kier alpha value is -1.77. The minimum Gasteiger partial charge on any atom is -0.349 e. The van der Waals surface area contributed by atoms with Gasteiger partial charge in [-0.05, 0) is 133 Å². The molecule has 0 N–H and O–H groups in total. The van der Waals surface area contributed by atoms with Crippen LogP contribution in [0.4, 0.5) is 0 Å². The first-order chi connectivity index (χ1) is 35.0. The molecule has 11 heteroatoms. The molecule has 1 unspecified atom stereocenters. The summed E-state index contributed by atoms with van der Waals surface area (Å²) in [4.78, 5) is 13.7. The zero-order valence-electron chi connectivity index (χ0n) is 45.4. The Morgan fingerprint density at radius 1 is 0.630 bits per heavy atom. The van der Waals surface area contributed by atoms with Crippen molar-refractivity contribution in [2.24, 2.45) is 92.7 Å². The monoisotopic (exact) mass is 1010 g/mol. The second-order valence-electron chi connectivity index (χ2n) is 28.3. The Morgan fingerprint density at radius 3 is 1.92 bits per heavy atom. The molecule has 12 fully saturated rings. The second-order valence-corrected chi connectivity index (χ2v) is 28.3. The maximum Gasteiger partial charge on any atom is 0.178 e. The van der Waals surface area contributed by atoms with E-state index in [2.05, 4.69) is 73.6 Å². The van der Waals surface area contributed by atoms with Crippen molar-refractivity contribution in [3.05, 3.63) is 46.0 Å². The Balaban J connectivity index is 0.753. The van der Waals surface area contributed by atoms with Crippen molar-refractivity contribution in [3.8, 4) is 0 Å². The highest BCUT2D eigenvalue weighted by atomic mass is 16.8. The highest BCUT2D eigenvalue weighted by molar-refractivity contribution is 5.78. The van der Waals surface area contributed by atoms with E-state index in [0.717, 1.165) is 101 Å². The molecule has 5 spiro atoms. The summed E-state index contributed by atoms with van der Waals surface area (Å²) in [5.74, 6) is 1.14. The van der Waals surface area contributed by atoms with Gasteiger partial charge in [0.05, 0.1) is 65.1 Å². The number of aldehydes is 1. The molecule has 7 heterocycles. The van der Waals surface area contributed by atoms with Crippen LogP contribution in [-0.2, 0) is 66.6 Å². The standard InChI is InChI=1S/C62H86O11/c1-35-11-14-58(70-33-35)37(3)52-50(72-58)26-46-44-10-9-43-25-39-23-41(42(32-63)24-40(39)28-54(43,5)48(44)30-61(56(46,52)7)66-19-20-67-61)29-55(6)49-31-62(68-21-22-69-62)57(8)47(45(49)13-16-60(55)64-17-18-65-60)27-51-53(57)38(4)59(73-51)15-12-36(2)34-71-59/h23-24,26,32,35-38,43-45,47-53H,9-22,25,27-31,33-34H2,1-8H3/t35-,36-,37-,38+,43-,44-,45+,47+,48-,49+,50-,51+,52-,53+,54-,55-,56-,57+,58?,59+/m0/s1. The molecule has 14 aliphatic rings. The van der Waals surface area contributed by atoms with Crippen LogP contribution in [-0.4, -0.2) is 100 Å². The van der Waals surface area contributed by atoms with Crippen molar-refractivity contribution in [1.29, 1.82) is 0 Å². The minimum absolute atomic E-state index is 0.00359. The minimum atomic E-state index is -0.752. The zero-order chi connectivity index (χ0) is 49.9. The fourth-order valence-corrected chi connectivity index (χ4v) is 22.1. The summed E-state index contributed by atoms with van der Waals surface area (Å²) >= 11 is 0. The third-order valence-corrected chi connectivity index (χ3v) is 25.7. The number of carbonyl (C=O) groups excluding carboxylic acids is 1. The van der Waals surface area contributed by atoms with Gasteiger partial charge in [0.15, 0.2) is 28.9 Å². The molecule has 1 aromatic rings. The van der Waals surface area contributed by atoms with Gasteiger partial charge in [-0.1, -0.05) is 73.1 Å². The third kappa shape index (κ3) is 6.01. The van der Waals surface area contributed by atoms with Crippen LogP contribution in [0.3, 0.4) is 0 Å². The summed E-state index contributed by atoms with van der Waals surface area (Å²) in [6, 6.07) is 4.78. The van der Waals surface area contributed by atoms with E-state index in [0.29, 0.717) is 87.5 Å². The average Bonchev–Trinajstić information content (AvgIpc) is 4.29. The summed E-state index contributed by atoms with van der Waals surface area (Å²) in [5.41, 5.74) is 5.29. The van der Waals surface area contributed by atoms with E-state index in [9.17, 15) is 4.79 Å². The number of hydrogen-bond donors (Lipinski definition) is 0. The first-order valence-corrected chi connectivity index (χ1v) is 29.8. The number of benzene rings is 1. The highest BCUT2D eigenvalue weighted by Gasteiger charge is 2.79. The molecule has 7 aliphatic heterocycles. The maximum absolute atomic E-state index is 13.7. The van der Waals surface area contributed by atoms with E-state index in [4.69, 9.17) is 47.4 Å². The molecular formula is C62H86O11. The molecule has 0 aromatic heterocycles. The SMILES string of the molecule is C[C@H]1CCC2(OC1)O[C@H]1C=C3[C@@H]4CC[C@H]5Cc6cc(C[C@@]7(C)[C@@H]8CC9(OCCO9)[C@@]9(C)[C@@H]%10[C@@H](C)[C@@]%11(CC[C@H](C)CO%11)O[C@@H]%10C[C@@H]9[C@H]8CCC78OCCO8)c(C=O)cc6C[C@]5(C)[C@H]4CC4(OCCO4)[C@]3(C)[C@H]1[C@@H]2C. The Labute approximate surface area is 434 Å². The average molecular weight is 1010 g/mol. The van der Waals surface area contributed by atoms with Gasteiger partial charge in [-0.25, -0.2) is 0 Å². The van der Waals surface area contributed by atoms with E-state index < -0.39 is 34.4 Å². The summed E-state index contributed by atoms with van der Waals surface area (Å²) in [7, 11) is 0. The van der Waals surface area contributed by atoms with Crippen molar-refractivity contribution in [2.45, 2.75) is 186 Å². The summed E-state index contributed by atoms with van der Waals surface area (Å²) in [6.07, 6.45) is 17.6. The molecule has 0 bridgehead atoms. The first kappa shape index (κ1) is 48.4. The van der Waals surface area contributed by atoms with Crippen LogP contribution in [0.2, 0.25) is 0 Å². The van der Waals surface area contributed by atoms with Gasteiger partial charge in [0, 0.05) is 77.6 Å². The summed E-state index contributed by atoms with van der Waals surface area (Å²) in [5, 5.41) is 0. The van der Waals surface area contributed by atoms with E-state index in [1.54, 1.807) is 0 Å². The van der Waals surface area contributed by atoms with E-state index in [-0.39, 0.29) is 58.0 Å². The first-order valence-electron chi connectivity index (χ1n) is 29.8. The molecule has 5 saturated carbocycles. The highest BCUT2D eigenvalue weighted by Crippen LogP contribution is 2.77. The lowest BCUT2D eigenvalue weighted by Crippen LogP contribution is -2.68. The lowest BCUT2D eigenvalue weighted by atomic mass is 9.43. The van der Waals surface area contributed by atoms with Crippen LogP contribution in [0.5, 0.6) is 0 Å². The molecule has 0 amide bonds. The Kier molecular flexibility index (Phi) is 10.6. The molecule has 7 saturated heterocycles. The molecule has 400 valence electrons. The van der Waals surface area contributed by atoms with Gasteiger partial charge in [-0.2, -0.15) is 0 Å². The molecule has 20 atom stereocenters. The number of hydrogen-bond acceptors (Lipinski definition) is 11. The zero-order valence-corrected chi connectivity index (χ0v) is 45.4. The van der Waals surface area contributed by atoms with Gasteiger partial charge >= 0.3 is 0 Å². The number of fused-ring (bicyclic) bond motifs is 15. The molecule has 7 aliphatic carbocycles. The van der Waals surface area contributed by atoms with Crippen molar-refractivity contribution in [3.63, 3.8) is 0 Å². The number of carbonyl (C=O) groups is 1. The van der Waals surface area contributed by atoms with Crippen LogP contribution < -0.4 is 0 Å². The number of rotatable bonds is 3. The van der Waals surface area contributed by atoms with Crippen molar-refractivity contribution in [1.82, 2.24) is 0 Å². The topological polar surface area (TPSA) is 109 Å². The third-order valence-electron chi connectivity index (χ3n) is 25.7. The van der Waals surface area contributed by atoms with E-state index >= 15 is 0 Å². The summed E-state index contributed by atoms with van der Waals surface area (Å²) < 4.78 is 70.2. The second kappa shape index (κ2) is 16.0. The van der Waals surface area contributed by atoms with Gasteiger partial charge < -0.3 is 47.4 Å². The summed E-state index contributed by atoms with van der Waals surface area (Å²) in [6.45, 7) is 24.6.